The Morgan fingerprint density at radius 2 is 1.72 bits per heavy atom. The number of phenolic OH excluding ortho intramolecular Hbond substituents is 1. The molecule has 1 aliphatic rings. The fourth-order valence-corrected chi connectivity index (χ4v) is 4.39. The molecule has 126 valence electrons. The minimum atomic E-state index is -0.250. The van der Waals surface area contributed by atoms with Crippen molar-refractivity contribution in [3.8, 4) is 11.5 Å². The summed E-state index contributed by atoms with van der Waals surface area (Å²) >= 11 is 1.73. The summed E-state index contributed by atoms with van der Waals surface area (Å²) in [6, 6.07) is 20.0. The van der Waals surface area contributed by atoms with E-state index in [2.05, 4.69) is 18.1 Å². The number of phenols is 1. The molecule has 25 heavy (non-hydrogen) atoms. The molecular formula is C21H17FO2S. The standard InChI is InChI=1S/C21H17FO2S/c1-13-2-11-18-19(12-13)25-21(15-3-7-16(22)8-4-15)20(24-18)14-5-9-17(23)10-6-14/h2-12,20-21,23H,1H3/t20-,21+/m1/s1/i/hT. The van der Waals surface area contributed by atoms with Gasteiger partial charge >= 0.3 is 0 Å². The van der Waals surface area contributed by atoms with Crippen molar-refractivity contribution < 1.29 is 14.2 Å². The van der Waals surface area contributed by atoms with E-state index in [-0.39, 0.29) is 17.2 Å². The summed E-state index contributed by atoms with van der Waals surface area (Å²) in [5, 5.41) is 4.51. The molecular weight excluding hydrogens is 335 g/mol. The topological polar surface area (TPSA) is 29.5 Å². The van der Waals surface area contributed by atoms with Gasteiger partial charge in [0.05, 0.1) is 10.1 Å². The van der Waals surface area contributed by atoms with Crippen LogP contribution in [0.15, 0.2) is 71.6 Å². The van der Waals surface area contributed by atoms with Crippen LogP contribution in [-0.2, 0) is 0 Å². The van der Waals surface area contributed by atoms with Crippen LogP contribution in [0.3, 0.4) is 0 Å². The van der Waals surface area contributed by atoms with E-state index in [4.69, 9.17) is 6.17 Å². The summed E-state index contributed by atoms with van der Waals surface area (Å²) in [6.07, 6.45) is -0.222. The van der Waals surface area contributed by atoms with E-state index in [0.717, 1.165) is 21.8 Å². The Morgan fingerprint density at radius 1 is 1.00 bits per heavy atom. The van der Waals surface area contributed by atoms with Gasteiger partial charge in [0.1, 0.15) is 23.4 Å². The lowest BCUT2D eigenvalue weighted by atomic mass is 10.00. The van der Waals surface area contributed by atoms with Crippen molar-refractivity contribution in [1.82, 2.24) is 0 Å². The van der Waals surface area contributed by atoms with Crippen molar-refractivity contribution in [3.63, 3.8) is 0 Å². The van der Waals surface area contributed by atoms with Gasteiger partial charge in [0.25, 0.3) is 1.43 Å². The summed E-state index contributed by atoms with van der Waals surface area (Å²) in [4.78, 5) is 1.08. The molecule has 0 saturated heterocycles. The second-order valence-electron chi connectivity index (χ2n) is 6.15. The number of halogens is 1. The third-order valence-corrected chi connectivity index (χ3v) is 5.64. The van der Waals surface area contributed by atoms with Gasteiger partial charge in [-0.25, -0.2) is 4.39 Å². The molecule has 4 heteroatoms. The van der Waals surface area contributed by atoms with Crippen LogP contribution < -0.4 is 4.74 Å². The van der Waals surface area contributed by atoms with E-state index in [0.29, 0.717) is 5.75 Å². The van der Waals surface area contributed by atoms with Crippen LogP contribution in [0.5, 0.6) is 11.5 Å². The van der Waals surface area contributed by atoms with Gasteiger partial charge in [-0.3, -0.25) is 0 Å². The third-order valence-electron chi connectivity index (χ3n) is 4.29. The predicted molar refractivity (Wildman–Crippen MR) is 97.7 cm³/mol. The molecule has 0 bridgehead atoms. The van der Waals surface area contributed by atoms with E-state index in [9.17, 15) is 4.39 Å². The Hall–Kier alpha value is -2.46. The normalized spacial score (nSPS) is 19.5. The zero-order valence-electron chi connectivity index (χ0n) is 14.6. The van der Waals surface area contributed by atoms with E-state index < -0.39 is 0 Å². The van der Waals surface area contributed by atoms with Gasteiger partial charge in [0.2, 0.25) is 0 Å². The van der Waals surface area contributed by atoms with Gasteiger partial charge in [-0.1, -0.05) is 30.3 Å². The molecule has 1 heterocycles. The molecule has 0 aromatic heterocycles. The molecule has 0 aliphatic carbocycles. The Balaban J connectivity index is 1.76. The third kappa shape index (κ3) is 3.22. The first kappa shape index (κ1) is 14.8. The van der Waals surface area contributed by atoms with Gasteiger partial charge in [0.15, 0.2) is 0 Å². The van der Waals surface area contributed by atoms with Crippen LogP contribution in [0.2, 0.25) is 0 Å². The Morgan fingerprint density at radius 3 is 2.44 bits per heavy atom. The Labute approximate surface area is 151 Å². The van der Waals surface area contributed by atoms with Crippen LogP contribution in [-0.4, -0.2) is 6.54 Å². The molecule has 0 fully saturated rings. The highest BCUT2D eigenvalue weighted by Crippen LogP contribution is 2.53. The molecule has 0 spiro atoms. The summed E-state index contributed by atoms with van der Waals surface area (Å²) in [6.45, 7) is 2.05. The molecule has 3 aromatic rings. The maximum absolute atomic E-state index is 13.4. The number of aryl methyl sites for hydroxylation is 1. The number of benzene rings is 3. The zero-order chi connectivity index (χ0) is 18.1. The van der Waals surface area contributed by atoms with Crippen LogP contribution >= 0.6 is 11.8 Å². The molecule has 0 saturated carbocycles. The smallest absolute Gasteiger partial charge is 0.293 e. The molecule has 2 nitrogen and oxygen atoms in total. The highest BCUT2D eigenvalue weighted by molar-refractivity contribution is 7.99. The van der Waals surface area contributed by atoms with Crippen molar-refractivity contribution in [3.05, 3.63) is 89.2 Å². The maximum atomic E-state index is 13.4. The van der Waals surface area contributed by atoms with E-state index in [1.807, 2.05) is 36.4 Å². The highest BCUT2D eigenvalue weighted by atomic mass is 32.2. The van der Waals surface area contributed by atoms with E-state index >= 15 is 0 Å². The van der Waals surface area contributed by atoms with Crippen molar-refractivity contribution >= 4 is 11.8 Å². The Bertz CT molecular complexity index is 912. The first-order valence-corrected chi connectivity index (χ1v) is 8.94. The lowest BCUT2D eigenvalue weighted by molar-refractivity contribution is 0.191. The largest absolute Gasteiger partial charge is 0.508 e. The van der Waals surface area contributed by atoms with Crippen molar-refractivity contribution in [2.24, 2.45) is 0 Å². The minimum absolute atomic E-state index is 0.00679. The maximum Gasteiger partial charge on any atom is 0.293 e. The summed E-state index contributed by atoms with van der Waals surface area (Å²) in [5.41, 5.74) is 3.17. The lowest BCUT2D eigenvalue weighted by Crippen LogP contribution is -2.19. The Kier molecular flexibility index (Phi) is 3.83. The molecule has 0 amide bonds. The molecule has 3 aromatic carbocycles. The van der Waals surface area contributed by atoms with Crippen molar-refractivity contribution in [2.75, 3.05) is 0 Å². The minimum Gasteiger partial charge on any atom is -0.508 e. The number of rotatable bonds is 3. The first-order chi connectivity index (χ1) is 12.6. The number of ether oxygens (including phenoxy) is 1. The fraction of sp³-hybridized carbons (Fsp3) is 0.143. The number of hydrogen-bond acceptors (Lipinski definition) is 3. The number of fused-ring (bicyclic) bond motifs is 1. The molecule has 1 aliphatic heterocycles. The summed E-state index contributed by atoms with van der Waals surface area (Å²) in [7, 11) is 0. The molecule has 4 rings (SSSR count). The van der Waals surface area contributed by atoms with Crippen molar-refractivity contribution in [2.45, 2.75) is 23.2 Å². The second-order valence-corrected chi connectivity index (χ2v) is 7.33. The summed E-state index contributed by atoms with van der Waals surface area (Å²) < 4.78 is 26.7. The zero-order valence-corrected chi connectivity index (χ0v) is 14.4. The number of hydrogen-bond donors (Lipinski definition) is 1. The van der Waals surface area contributed by atoms with Crippen LogP contribution in [0, 0.1) is 12.7 Å². The number of thioether (sulfide) groups is 1. The predicted octanol–water partition coefficient (Wildman–Crippen LogP) is 5.81. The van der Waals surface area contributed by atoms with E-state index in [1.165, 1.54) is 17.7 Å². The highest BCUT2D eigenvalue weighted by Gasteiger charge is 2.33. The monoisotopic (exact) mass is 354 g/mol. The lowest BCUT2D eigenvalue weighted by Gasteiger charge is -2.34. The van der Waals surface area contributed by atoms with Gasteiger partial charge in [-0.15, -0.1) is 11.8 Å². The second kappa shape index (κ2) is 6.45. The van der Waals surface area contributed by atoms with Crippen LogP contribution in [0.1, 0.15) is 28.0 Å². The van der Waals surface area contributed by atoms with Crippen LogP contribution in [0.25, 0.3) is 0 Å². The average molecular weight is 354 g/mol. The molecule has 1 N–H and O–H groups in total. The van der Waals surface area contributed by atoms with Crippen molar-refractivity contribution in [1.29, 1.82) is 1.43 Å². The first-order valence-electron chi connectivity index (χ1n) is 8.47. The molecule has 0 radical (unpaired) electrons. The summed E-state index contributed by atoms with van der Waals surface area (Å²) in [5.74, 6) is 1.08. The van der Waals surface area contributed by atoms with Crippen LogP contribution in [0.4, 0.5) is 4.39 Å². The van der Waals surface area contributed by atoms with Gasteiger partial charge in [-0.2, -0.15) is 0 Å². The molecule has 2 atom stereocenters. The quantitative estimate of drug-likeness (QED) is 0.644. The SMILES string of the molecule is [3H]Oc1ccc([C@H]2Oc3ccc(C)cc3S[C@H]2c2ccc(F)cc2)cc1. The van der Waals surface area contributed by atoms with E-state index in [1.54, 1.807) is 23.9 Å². The van der Waals surface area contributed by atoms with Gasteiger partial charge < -0.3 is 9.85 Å². The van der Waals surface area contributed by atoms with Gasteiger partial charge in [0, 0.05) is 0 Å². The molecule has 0 unspecified atom stereocenters. The average Bonchev–Trinajstić information content (AvgIpc) is 2.67. The van der Waals surface area contributed by atoms with Gasteiger partial charge in [-0.05, 0) is 60.0 Å². The fourth-order valence-electron chi connectivity index (χ4n) is 3.00. The number of aromatic hydroxyl groups is 1.